The third-order valence-electron chi connectivity index (χ3n) is 5.66. The maximum Gasteiger partial charge on any atom is 0.254 e. The number of benzene rings is 1. The number of aromatic nitrogens is 2. The summed E-state index contributed by atoms with van der Waals surface area (Å²) in [4.78, 5) is 12.5. The van der Waals surface area contributed by atoms with Crippen LogP contribution in [0.5, 0.6) is 0 Å². The molecule has 4 atom stereocenters. The highest BCUT2D eigenvalue weighted by molar-refractivity contribution is 5.94. The van der Waals surface area contributed by atoms with Crippen LogP contribution in [-0.2, 0) is 0 Å². The van der Waals surface area contributed by atoms with Crippen LogP contribution in [0.25, 0.3) is 5.69 Å². The predicted molar refractivity (Wildman–Crippen MR) is 89.4 cm³/mol. The van der Waals surface area contributed by atoms with Gasteiger partial charge in [-0.3, -0.25) is 4.79 Å². The van der Waals surface area contributed by atoms with E-state index in [4.69, 9.17) is 0 Å². The van der Waals surface area contributed by atoms with Gasteiger partial charge in [0.25, 0.3) is 5.91 Å². The number of rotatable bonds is 4. The van der Waals surface area contributed by atoms with Crippen LogP contribution in [0.3, 0.4) is 0 Å². The van der Waals surface area contributed by atoms with Crippen molar-refractivity contribution in [2.75, 3.05) is 0 Å². The molecule has 0 saturated heterocycles. The van der Waals surface area contributed by atoms with Crippen LogP contribution in [0, 0.1) is 17.8 Å². The first-order valence-electron chi connectivity index (χ1n) is 8.61. The second kappa shape index (κ2) is 5.84. The molecule has 1 amide bonds. The maximum atomic E-state index is 12.5. The van der Waals surface area contributed by atoms with Gasteiger partial charge in [0.2, 0.25) is 0 Å². The number of carbonyl (C=O) groups is 1. The van der Waals surface area contributed by atoms with Crippen molar-refractivity contribution in [2.24, 2.45) is 17.8 Å². The highest BCUT2D eigenvalue weighted by Crippen LogP contribution is 2.49. The van der Waals surface area contributed by atoms with Gasteiger partial charge in [-0.15, -0.1) is 0 Å². The van der Waals surface area contributed by atoms with Gasteiger partial charge in [0.05, 0.1) is 17.4 Å². The first-order valence-corrected chi connectivity index (χ1v) is 8.61. The topological polar surface area (TPSA) is 46.9 Å². The van der Waals surface area contributed by atoms with Gasteiger partial charge >= 0.3 is 0 Å². The molecule has 4 rings (SSSR count). The van der Waals surface area contributed by atoms with Crippen LogP contribution >= 0.6 is 0 Å². The molecule has 1 aromatic heterocycles. The zero-order valence-electron chi connectivity index (χ0n) is 13.5. The molecule has 4 heteroatoms. The van der Waals surface area contributed by atoms with E-state index in [9.17, 15) is 4.79 Å². The van der Waals surface area contributed by atoms with Crippen molar-refractivity contribution >= 4 is 5.91 Å². The van der Waals surface area contributed by atoms with Crippen molar-refractivity contribution in [3.8, 4) is 5.69 Å². The molecular formula is C19H23N3O. The van der Waals surface area contributed by atoms with Crippen molar-refractivity contribution in [3.05, 3.63) is 48.3 Å². The van der Waals surface area contributed by atoms with Gasteiger partial charge in [0, 0.05) is 12.2 Å². The fourth-order valence-corrected chi connectivity index (χ4v) is 4.47. The molecule has 1 heterocycles. The minimum atomic E-state index is -0.0116. The van der Waals surface area contributed by atoms with E-state index in [-0.39, 0.29) is 11.9 Å². The summed E-state index contributed by atoms with van der Waals surface area (Å²) in [6, 6.07) is 10.1. The predicted octanol–water partition coefficient (Wildman–Crippen LogP) is 3.43. The van der Waals surface area contributed by atoms with Gasteiger partial charge in [-0.25, -0.2) is 4.68 Å². The van der Waals surface area contributed by atoms with E-state index in [2.05, 4.69) is 17.3 Å². The molecule has 2 fully saturated rings. The smallest absolute Gasteiger partial charge is 0.254 e. The summed E-state index contributed by atoms with van der Waals surface area (Å²) in [5, 5.41) is 7.50. The van der Waals surface area contributed by atoms with Crippen molar-refractivity contribution in [1.29, 1.82) is 0 Å². The van der Waals surface area contributed by atoms with Crippen LogP contribution in [0.4, 0.5) is 0 Å². The maximum absolute atomic E-state index is 12.5. The minimum absolute atomic E-state index is 0.0116. The summed E-state index contributed by atoms with van der Waals surface area (Å²) in [6.07, 6.45) is 8.85. The van der Waals surface area contributed by atoms with Crippen LogP contribution in [0.1, 0.15) is 43.0 Å². The van der Waals surface area contributed by atoms with Gasteiger partial charge in [-0.2, -0.15) is 5.10 Å². The molecule has 120 valence electrons. The van der Waals surface area contributed by atoms with Gasteiger partial charge in [0.15, 0.2) is 0 Å². The highest BCUT2D eigenvalue weighted by Gasteiger charge is 2.42. The van der Waals surface area contributed by atoms with E-state index in [0.29, 0.717) is 11.5 Å². The van der Waals surface area contributed by atoms with Crippen LogP contribution < -0.4 is 5.32 Å². The zero-order valence-corrected chi connectivity index (χ0v) is 13.5. The first kappa shape index (κ1) is 14.5. The fourth-order valence-electron chi connectivity index (χ4n) is 4.47. The lowest BCUT2D eigenvalue weighted by Crippen LogP contribution is -2.40. The fraction of sp³-hybridized carbons (Fsp3) is 0.474. The molecule has 2 aromatic rings. The van der Waals surface area contributed by atoms with Crippen LogP contribution in [0.15, 0.2) is 42.7 Å². The van der Waals surface area contributed by atoms with Gasteiger partial charge in [-0.05, 0) is 56.1 Å². The SMILES string of the molecule is C[C@H](NC(=O)c1cnn(-c2ccccc2)c1)[C@H]1C[C@H]2CC[C@H]1C2. The highest BCUT2D eigenvalue weighted by atomic mass is 16.1. The van der Waals surface area contributed by atoms with Gasteiger partial charge < -0.3 is 5.32 Å². The lowest BCUT2D eigenvalue weighted by Gasteiger charge is -2.28. The summed E-state index contributed by atoms with van der Waals surface area (Å²) in [6.45, 7) is 2.16. The minimum Gasteiger partial charge on any atom is -0.349 e. The molecule has 2 aliphatic carbocycles. The van der Waals surface area contributed by atoms with E-state index in [1.54, 1.807) is 17.1 Å². The Kier molecular flexibility index (Phi) is 3.68. The monoisotopic (exact) mass is 309 g/mol. The van der Waals surface area contributed by atoms with Gasteiger partial charge in [0.1, 0.15) is 0 Å². The number of hydrogen-bond acceptors (Lipinski definition) is 2. The molecule has 23 heavy (non-hydrogen) atoms. The molecule has 0 aliphatic heterocycles. The molecule has 1 aromatic carbocycles. The molecular weight excluding hydrogens is 286 g/mol. The number of amides is 1. The molecule has 2 saturated carbocycles. The van der Waals surface area contributed by atoms with E-state index >= 15 is 0 Å². The summed E-state index contributed by atoms with van der Waals surface area (Å²) < 4.78 is 1.75. The van der Waals surface area contributed by atoms with Crippen molar-refractivity contribution < 1.29 is 4.79 Å². The normalized spacial score (nSPS) is 27.1. The second-order valence-electron chi connectivity index (χ2n) is 7.11. The van der Waals surface area contributed by atoms with E-state index < -0.39 is 0 Å². The largest absolute Gasteiger partial charge is 0.349 e. The first-order chi connectivity index (χ1) is 11.2. The Labute approximate surface area is 136 Å². The Morgan fingerprint density at radius 1 is 1.26 bits per heavy atom. The quantitative estimate of drug-likeness (QED) is 0.940. The van der Waals surface area contributed by atoms with Crippen LogP contribution in [-0.4, -0.2) is 21.7 Å². The number of para-hydroxylation sites is 1. The van der Waals surface area contributed by atoms with E-state index in [1.165, 1.54) is 25.7 Å². The Bertz CT molecular complexity index is 694. The lowest BCUT2D eigenvalue weighted by molar-refractivity contribution is 0.0915. The molecule has 1 N–H and O–H groups in total. The van der Waals surface area contributed by atoms with Crippen molar-refractivity contribution in [1.82, 2.24) is 15.1 Å². The third kappa shape index (κ3) is 2.78. The lowest BCUT2D eigenvalue weighted by atomic mass is 9.84. The zero-order chi connectivity index (χ0) is 15.8. The summed E-state index contributed by atoms with van der Waals surface area (Å²) in [7, 11) is 0. The second-order valence-corrected chi connectivity index (χ2v) is 7.11. The van der Waals surface area contributed by atoms with E-state index in [1.807, 2.05) is 30.3 Å². The molecule has 0 spiro atoms. The Hall–Kier alpha value is -2.10. The average molecular weight is 309 g/mol. The summed E-state index contributed by atoms with van der Waals surface area (Å²) >= 11 is 0. The van der Waals surface area contributed by atoms with E-state index in [0.717, 1.165) is 17.5 Å². The number of fused-ring (bicyclic) bond motifs is 2. The van der Waals surface area contributed by atoms with Gasteiger partial charge in [-0.1, -0.05) is 24.6 Å². The standard InChI is InChI=1S/C19H23N3O/c1-13(18-10-14-7-8-15(18)9-14)21-19(23)16-11-20-22(12-16)17-5-3-2-4-6-17/h2-6,11-15,18H,7-10H2,1H3,(H,21,23)/t13-,14-,15-,18+/m0/s1. The Morgan fingerprint density at radius 2 is 2.09 bits per heavy atom. The Morgan fingerprint density at radius 3 is 2.78 bits per heavy atom. The Balaban J connectivity index is 1.42. The average Bonchev–Trinajstić information content (AvgIpc) is 3.31. The number of carbonyl (C=O) groups excluding carboxylic acids is 1. The molecule has 2 bridgehead atoms. The van der Waals surface area contributed by atoms with Crippen molar-refractivity contribution in [3.63, 3.8) is 0 Å². The molecule has 2 aliphatic rings. The number of nitrogens with zero attached hydrogens (tertiary/aromatic N) is 2. The molecule has 0 unspecified atom stereocenters. The summed E-state index contributed by atoms with van der Waals surface area (Å²) in [5.74, 6) is 2.37. The summed E-state index contributed by atoms with van der Waals surface area (Å²) in [5.41, 5.74) is 1.59. The number of hydrogen-bond donors (Lipinski definition) is 1. The third-order valence-corrected chi connectivity index (χ3v) is 5.66. The number of nitrogens with one attached hydrogen (secondary N) is 1. The molecule has 4 nitrogen and oxygen atoms in total. The van der Waals surface area contributed by atoms with Crippen LogP contribution in [0.2, 0.25) is 0 Å². The van der Waals surface area contributed by atoms with Crippen molar-refractivity contribution in [2.45, 2.75) is 38.6 Å². The molecule has 0 radical (unpaired) electrons.